The van der Waals surface area contributed by atoms with Crippen LogP contribution in [0, 0.1) is 6.92 Å². The number of rotatable bonds is 6. The van der Waals surface area contributed by atoms with Gasteiger partial charge in [0.1, 0.15) is 0 Å². The van der Waals surface area contributed by atoms with Gasteiger partial charge in [0, 0.05) is 25.2 Å². The molecule has 0 saturated carbocycles. The van der Waals surface area contributed by atoms with Crippen LogP contribution in [0.5, 0.6) is 0 Å². The highest BCUT2D eigenvalue weighted by molar-refractivity contribution is 5.75. The highest BCUT2D eigenvalue weighted by Crippen LogP contribution is 1.95. The first-order valence-electron chi connectivity index (χ1n) is 6.01. The summed E-state index contributed by atoms with van der Waals surface area (Å²) in [6.45, 7) is 5.74. The van der Waals surface area contributed by atoms with Crippen molar-refractivity contribution in [1.82, 2.24) is 4.90 Å². The van der Waals surface area contributed by atoms with Crippen molar-refractivity contribution in [3.8, 4) is 0 Å². The Balaban J connectivity index is 0.00000289. The van der Waals surface area contributed by atoms with E-state index in [-0.39, 0.29) is 29.5 Å². The summed E-state index contributed by atoms with van der Waals surface area (Å²) in [5.41, 5.74) is 1.21. The standard InChI is InChI=1S/C13H21N2O2.BrH/c1-3-15(10-11-16)13(17)6-9-14-7-4-12(2)5-8-14;/h4-5,7-8,16H,3,6,9-11H2,1-2H3;1H/q+1;/p-1. The molecule has 1 heterocycles. The molecule has 1 aromatic rings. The van der Waals surface area contributed by atoms with Crippen LogP contribution in [-0.2, 0) is 11.3 Å². The maximum Gasteiger partial charge on any atom is 0.229 e. The lowest BCUT2D eigenvalue weighted by atomic mass is 10.3. The number of hydrogen-bond acceptors (Lipinski definition) is 2. The highest BCUT2D eigenvalue weighted by Gasteiger charge is 2.12. The van der Waals surface area contributed by atoms with Crippen molar-refractivity contribution in [1.29, 1.82) is 0 Å². The zero-order chi connectivity index (χ0) is 12.7. The normalized spacial score (nSPS) is 9.72. The highest BCUT2D eigenvalue weighted by atomic mass is 79.9. The molecule has 0 aromatic carbocycles. The lowest BCUT2D eigenvalue weighted by Crippen LogP contribution is -3.00. The van der Waals surface area contributed by atoms with Crippen LogP contribution >= 0.6 is 0 Å². The molecule has 0 aliphatic rings. The molecule has 0 fully saturated rings. The number of aliphatic hydroxyl groups is 1. The fourth-order valence-corrected chi connectivity index (χ4v) is 1.64. The first kappa shape index (κ1) is 17.1. The van der Waals surface area contributed by atoms with Gasteiger partial charge < -0.3 is 27.0 Å². The van der Waals surface area contributed by atoms with E-state index in [4.69, 9.17) is 5.11 Å². The van der Waals surface area contributed by atoms with Gasteiger partial charge in [-0.15, -0.1) is 0 Å². The van der Waals surface area contributed by atoms with Crippen LogP contribution in [0.25, 0.3) is 0 Å². The predicted octanol–water partition coefficient (Wildman–Crippen LogP) is -2.48. The van der Waals surface area contributed by atoms with Crippen molar-refractivity contribution in [3.63, 3.8) is 0 Å². The second-order valence-electron chi connectivity index (χ2n) is 4.06. The maximum absolute atomic E-state index is 11.8. The van der Waals surface area contributed by atoms with E-state index in [1.807, 2.05) is 42.9 Å². The smallest absolute Gasteiger partial charge is 0.229 e. The van der Waals surface area contributed by atoms with E-state index >= 15 is 0 Å². The minimum absolute atomic E-state index is 0. The number of likely N-dealkylation sites (N-methyl/N-ethyl adjacent to an activating group) is 1. The summed E-state index contributed by atoms with van der Waals surface area (Å²) in [5.74, 6) is 0.0922. The van der Waals surface area contributed by atoms with Crippen LogP contribution in [0.3, 0.4) is 0 Å². The predicted molar refractivity (Wildman–Crippen MR) is 65.3 cm³/mol. The molecule has 18 heavy (non-hydrogen) atoms. The van der Waals surface area contributed by atoms with Crippen molar-refractivity contribution < 1.29 is 31.4 Å². The Bertz CT molecular complexity index is 355. The number of carbonyl (C=O) groups excluding carboxylic acids is 1. The second kappa shape index (κ2) is 9.05. The lowest BCUT2D eigenvalue weighted by Gasteiger charge is -2.18. The van der Waals surface area contributed by atoms with Gasteiger partial charge in [-0.3, -0.25) is 4.79 Å². The molecule has 0 atom stereocenters. The Hall–Kier alpha value is -0.940. The fraction of sp³-hybridized carbons (Fsp3) is 0.538. The number of amides is 1. The fourth-order valence-electron chi connectivity index (χ4n) is 1.64. The van der Waals surface area contributed by atoms with Gasteiger partial charge in [-0.05, 0) is 19.4 Å². The van der Waals surface area contributed by atoms with Crippen LogP contribution in [0.1, 0.15) is 18.9 Å². The number of carbonyl (C=O) groups is 1. The molecular formula is C13H21BrN2O2. The van der Waals surface area contributed by atoms with E-state index in [9.17, 15) is 4.79 Å². The Morgan fingerprint density at radius 2 is 2.00 bits per heavy atom. The first-order chi connectivity index (χ1) is 8.17. The van der Waals surface area contributed by atoms with E-state index < -0.39 is 0 Å². The average Bonchev–Trinajstić information content (AvgIpc) is 2.35. The summed E-state index contributed by atoms with van der Waals surface area (Å²) in [4.78, 5) is 13.5. The molecule has 1 N–H and O–H groups in total. The summed E-state index contributed by atoms with van der Waals surface area (Å²) in [6.07, 6.45) is 4.43. The number of aromatic nitrogens is 1. The lowest BCUT2D eigenvalue weighted by molar-refractivity contribution is -0.696. The summed E-state index contributed by atoms with van der Waals surface area (Å²) < 4.78 is 2.00. The van der Waals surface area contributed by atoms with Gasteiger partial charge >= 0.3 is 0 Å². The quantitative estimate of drug-likeness (QED) is 0.591. The third-order valence-electron chi connectivity index (χ3n) is 2.75. The Morgan fingerprint density at radius 3 is 2.50 bits per heavy atom. The number of aliphatic hydroxyl groups excluding tert-OH is 1. The summed E-state index contributed by atoms with van der Waals surface area (Å²) in [6, 6.07) is 4.05. The van der Waals surface area contributed by atoms with Crippen molar-refractivity contribution in [3.05, 3.63) is 30.1 Å². The van der Waals surface area contributed by atoms with E-state index in [0.717, 1.165) is 0 Å². The van der Waals surface area contributed by atoms with Gasteiger partial charge in [-0.2, -0.15) is 0 Å². The van der Waals surface area contributed by atoms with Gasteiger partial charge in [0.2, 0.25) is 5.91 Å². The van der Waals surface area contributed by atoms with Crippen LogP contribution < -0.4 is 21.5 Å². The minimum Gasteiger partial charge on any atom is -1.00 e. The largest absolute Gasteiger partial charge is 1.00 e. The van der Waals surface area contributed by atoms with Gasteiger partial charge in [-0.1, -0.05) is 0 Å². The molecule has 0 saturated heterocycles. The molecule has 0 aliphatic heterocycles. The molecule has 0 aliphatic carbocycles. The number of halogens is 1. The topological polar surface area (TPSA) is 44.4 Å². The van der Waals surface area contributed by atoms with E-state index in [2.05, 4.69) is 0 Å². The molecule has 1 amide bonds. The van der Waals surface area contributed by atoms with E-state index in [1.54, 1.807) is 4.90 Å². The SMILES string of the molecule is CCN(CCO)C(=O)CC[n+]1ccc(C)cc1.[Br-]. The van der Waals surface area contributed by atoms with Crippen molar-refractivity contribution in [2.24, 2.45) is 0 Å². The third-order valence-corrected chi connectivity index (χ3v) is 2.75. The molecule has 0 radical (unpaired) electrons. The third kappa shape index (κ3) is 5.60. The zero-order valence-corrected chi connectivity index (χ0v) is 12.6. The van der Waals surface area contributed by atoms with Crippen LogP contribution in [0.2, 0.25) is 0 Å². The van der Waals surface area contributed by atoms with Crippen molar-refractivity contribution >= 4 is 5.91 Å². The van der Waals surface area contributed by atoms with Gasteiger partial charge in [0.25, 0.3) is 0 Å². The molecule has 1 aromatic heterocycles. The van der Waals surface area contributed by atoms with E-state index in [0.29, 0.717) is 26.1 Å². The van der Waals surface area contributed by atoms with E-state index in [1.165, 1.54) is 5.56 Å². The molecule has 0 unspecified atom stereocenters. The molecule has 0 bridgehead atoms. The number of hydrogen-bond donors (Lipinski definition) is 1. The Kier molecular flexibility index (Phi) is 8.58. The van der Waals surface area contributed by atoms with Gasteiger partial charge in [0.05, 0.1) is 13.0 Å². The molecule has 4 nitrogen and oxygen atoms in total. The molecule has 1 rings (SSSR count). The molecule has 102 valence electrons. The van der Waals surface area contributed by atoms with Crippen LogP contribution in [0.4, 0.5) is 0 Å². The summed E-state index contributed by atoms with van der Waals surface area (Å²) >= 11 is 0. The van der Waals surface area contributed by atoms with Gasteiger partial charge in [0.15, 0.2) is 18.9 Å². The molecule has 0 spiro atoms. The van der Waals surface area contributed by atoms with Crippen LogP contribution in [-0.4, -0.2) is 35.6 Å². The Morgan fingerprint density at radius 1 is 1.39 bits per heavy atom. The number of aryl methyl sites for hydroxylation is 2. The van der Waals surface area contributed by atoms with Crippen LogP contribution in [0.15, 0.2) is 24.5 Å². The second-order valence-corrected chi connectivity index (χ2v) is 4.06. The zero-order valence-electron chi connectivity index (χ0n) is 11.0. The van der Waals surface area contributed by atoms with Crippen molar-refractivity contribution in [2.45, 2.75) is 26.8 Å². The van der Waals surface area contributed by atoms with Gasteiger partial charge in [-0.25, -0.2) is 4.57 Å². The first-order valence-corrected chi connectivity index (χ1v) is 6.01. The Labute approximate surface area is 119 Å². The average molecular weight is 317 g/mol. The molecular weight excluding hydrogens is 296 g/mol. The molecule has 5 heteroatoms. The number of nitrogens with zero attached hydrogens (tertiary/aromatic N) is 2. The summed E-state index contributed by atoms with van der Waals surface area (Å²) in [5, 5.41) is 8.83. The minimum atomic E-state index is 0. The summed E-state index contributed by atoms with van der Waals surface area (Å²) in [7, 11) is 0. The monoisotopic (exact) mass is 316 g/mol. The van der Waals surface area contributed by atoms with Crippen molar-refractivity contribution in [2.75, 3.05) is 19.7 Å². The maximum atomic E-state index is 11.8. The number of pyridine rings is 1.